The van der Waals surface area contributed by atoms with Crippen LogP contribution >= 0.6 is 11.3 Å². The molecule has 0 spiro atoms. The molecule has 0 aliphatic carbocycles. The highest BCUT2D eigenvalue weighted by molar-refractivity contribution is 7.15. The van der Waals surface area contributed by atoms with Crippen LogP contribution in [0, 0.1) is 10.1 Å². The summed E-state index contributed by atoms with van der Waals surface area (Å²) in [7, 11) is 0. The van der Waals surface area contributed by atoms with E-state index in [1.807, 2.05) is 30.3 Å². The van der Waals surface area contributed by atoms with Gasteiger partial charge >= 0.3 is 5.00 Å². The van der Waals surface area contributed by atoms with E-state index in [9.17, 15) is 15.2 Å². The maximum Gasteiger partial charge on any atom is 0.324 e. The van der Waals surface area contributed by atoms with E-state index in [-0.39, 0.29) is 22.6 Å². The van der Waals surface area contributed by atoms with Crippen molar-refractivity contribution in [2.45, 2.75) is 19.0 Å². The van der Waals surface area contributed by atoms with Crippen molar-refractivity contribution in [2.24, 2.45) is 0 Å². The molecule has 5 nitrogen and oxygen atoms in total. The Labute approximate surface area is 121 Å². The fourth-order valence-corrected chi connectivity index (χ4v) is 2.68. The molecule has 0 unspecified atom stereocenters. The van der Waals surface area contributed by atoms with Crippen molar-refractivity contribution >= 4 is 16.3 Å². The lowest BCUT2D eigenvalue weighted by molar-refractivity contribution is -0.380. The molecule has 20 heavy (non-hydrogen) atoms. The van der Waals surface area contributed by atoms with Crippen LogP contribution in [0.4, 0.5) is 5.00 Å². The summed E-state index contributed by atoms with van der Waals surface area (Å²) in [6.45, 7) is 0.554. The van der Waals surface area contributed by atoms with Crippen LogP contribution in [0.25, 0.3) is 0 Å². The second kappa shape index (κ2) is 7.14. The standard InChI is InChI=1S/C14H16N2O3S/c17-10-12(8-11-4-2-1-3-5-11)15-9-13-6-7-14(20-13)16(18)19/h1-7,12,15,17H,8-10H2/t12-/m1/s1. The Bertz CT molecular complexity index is 557. The normalized spacial score (nSPS) is 12.2. The predicted octanol–water partition coefficient (Wildman–Crippen LogP) is 2.35. The van der Waals surface area contributed by atoms with E-state index in [0.29, 0.717) is 6.54 Å². The van der Waals surface area contributed by atoms with Gasteiger partial charge in [-0.05, 0) is 18.1 Å². The van der Waals surface area contributed by atoms with Gasteiger partial charge in [-0.2, -0.15) is 0 Å². The molecule has 2 rings (SSSR count). The van der Waals surface area contributed by atoms with Gasteiger partial charge in [-0.1, -0.05) is 41.7 Å². The fraction of sp³-hybridized carbons (Fsp3) is 0.286. The molecule has 0 fully saturated rings. The SMILES string of the molecule is O=[N+]([O-])c1ccc(CN[C@@H](CO)Cc2ccccc2)s1. The largest absolute Gasteiger partial charge is 0.395 e. The molecule has 6 heteroatoms. The number of aliphatic hydroxyl groups excluding tert-OH is 1. The number of nitro groups is 1. The average Bonchev–Trinajstić information content (AvgIpc) is 2.93. The Morgan fingerprint density at radius 2 is 2.00 bits per heavy atom. The van der Waals surface area contributed by atoms with Crippen LogP contribution in [-0.4, -0.2) is 22.7 Å². The smallest absolute Gasteiger partial charge is 0.324 e. The van der Waals surface area contributed by atoms with Crippen molar-refractivity contribution < 1.29 is 10.0 Å². The molecule has 0 saturated heterocycles. The van der Waals surface area contributed by atoms with Crippen molar-refractivity contribution in [3.05, 3.63) is 63.0 Å². The first-order valence-electron chi connectivity index (χ1n) is 6.30. The number of nitrogens with zero attached hydrogens (tertiary/aromatic N) is 1. The van der Waals surface area contributed by atoms with Crippen LogP contribution in [0.5, 0.6) is 0 Å². The van der Waals surface area contributed by atoms with E-state index in [1.165, 1.54) is 6.07 Å². The van der Waals surface area contributed by atoms with E-state index in [4.69, 9.17) is 0 Å². The van der Waals surface area contributed by atoms with Crippen molar-refractivity contribution in [3.8, 4) is 0 Å². The third-order valence-electron chi connectivity index (χ3n) is 2.94. The van der Waals surface area contributed by atoms with Gasteiger partial charge in [0.2, 0.25) is 0 Å². The van der Waals surface area contributed by atoms with Crippen LogP contribution in [-0.2, 0) is 13.0 Å². The second-order valence-electron chi connectivity index (χ2n) is 4.45. The van der Waals surface area contributed by atoms with Crippen LogP contribution < -0.4 is 5.32 Å². The van der Waals surface area contributed by atoms with Crippen molar-refractivity contribution in [1.29, 1.82) is 0 Å². The van der Waals surface area contributed by atoms with E-state index in [2.05, 4.69) is 5.32 Å². The predicted molar refractivity (Wildman–Crippen MR) is 78.8 cm³/mol. The van der Waals surface area contributed by atoms with Gasteiger partial charge in [-0.15, -0.1) is 0 Å². The summed E-state index contributed by atoms with van der Waals surface area (Å²) < 4.78 is 0. The minimum atomic E-state index is -0.387. The highest BCUT2D eigenvalue weighted by Gasteiger charge is 2.12. The lowest BCUT2D eigenvalue weighted by Crippen LogP contribution is -2.33. The van der Waals surface area contributed by atoms with Gasteiger partial charge in [-0.3, -0.25) is 10.1 Å². The first-order chi connectivity index (χ1) is 9.69. The van der Waals surface area contributed by atoms with Crippen LogP contribution in [0.3, 0.4) is 0 Å². The molecule has 1 aromatic heterocycles. The Balaban J connectivity index is 1.88. The number of nitrogens with one attached hydrogen (secondary N) is 1. The van der Waals surface area contributed by atoms with Gasteiger partial charge in [0.25, 0.3) is 0 Å². The highest BCUT2D eigenvalue weighted by atomic mass is 32.1. The van der Waals surface area contributed by atoms with Crippen LogP contribution in [0.2, 0.25) is 0 Å². The fourth-order valence-electron chi connectivity index (χ4n) is 1.90. The highest BCUT2D eigenvalue weighted by Crippen LogP contribution is 2.23. The Kier molecular flexibility index (Phi) is 5.23. The zero-order valence-corrected chi connectivity index (χ0v) is 11.7. The Morgan fingerprint density at radius 1 is 1.25 bits per heavy atom. The molecule has 0 bridgehead atoms. The summed E-state index contributed by atoms with van der Waals surface area (Å²) >= 11 is 1.16. The molecule has 0 aliphatic rings. The van der Waals surface area contributed by atoms with E-state index in [0.717, 1.165) is 28.2 Å². The molecule has 0 saturated carbocycles. The minimum absolute atomic E-state index is 0.0301. The molecule has 1 atom stereocenters. The van der Waals surface area contributed by atoms with Crippen molar-refractivity contribution in [3.63, 3.8) is 0 Å². The number of hydrogen-bond acceptors (Lipinski definition) is 5. The number of hydrogen-bond donors (Lipinski definition) is 2. The summed E-state index contributed by atoms with van der Waals surface area (Å²) in [6.07, 6.45) is 0.727. The van der Waals surface area contributed by atoms with Gasteiger partial charge in [0, 0.05) is 23.5 Å². The van der Waals surface area contributed by atoms with Gasteiger partial charge in [0.05, 0.1) is 11.5 Å². The molecule has 0 aliphatic heterocycles. The van der Waals surface area contributed by atoms with Gasteiger partial charge in [0.1, 0.15) is 0 Å². The maximum atomic E-state index is 10.6. The van der Waals surface area contributed by atoms with Crippen LogP contribution in [0.1, 0.15) is 10.4 Å². The Morgan fingerprint density at radius 3 is 2.60 bits per heavy atom. The minimum Gasteiger partial charge on any atom is -0.395 e. The van der Waals surface area contributed by atoms with Gasteiger partial charge in [0.15, 0.2) is 0 Å². The monoisotopic (exact) mass is 292 g/mol. The first kappa shape index (κ1) is 14.6. The molecular formula is C14H16N2O3S. The van der Waals surface area contributed by atoms with Gasteiger partial charge < -0.3 is 10.4 Å². The zero-order valence-electron chi connectivity index (χ0n) is 10.9. The summed E-state index contributed by atoms with van der Waals surface area (Å²) in [5, 5.41) is 23.4. The molecule has 0 radical (unpaired) electrons. The lowest BCUT2D eigenvalue weighted by Gasteiger charge is -2.15. The van der Waals surface area contributed by atoms with E-state index in [1.54, 1.807) is 6.07 Å². The quantitative estimate of drug-likeness (QED) is 0.607. The topological polar surface area (TPSA) is 75.4 Å². The number of thiophene rings is 1. The first-order valence-corrected chi connectivity index (χ1v) is 7.12. The molecular weight excluding hydrogens is 276 g/mol. The third-order valence-corrected chi connectivity index (χ3v) is 3.97. The number of rotatable bonds is 7. The molecule has 2 N–H and O–H groups in total. The third kappa shape index (κ3) is 4.12. The van der Waals surface area contributed by atoms with Crippen molar-refractivity contribution in [2.75, 3.05) is 6.61 Å². The molecule has 2 aromatic rings. The number of aliphatic hydroxyl groups is 1. The summed E-state index contributed by atoms with van der Waals surface area (Å²) in [5.41, 5.74) is 1.15. The second-order valence-corrected chi connectivity index (χ2v) is 5.59. The number of benzene rings is 1. The zero-order chi connectivity index (χ0) is 14.4. The maximum absolute atomic E-state index is 10.6. The van der Waals surface area contributed by atoms with E-state index < -0.39 is 0 Å². The summed E-state index contributed by atoms with van der Waals surface area (Å²) in [5.74, 6) is 0. The van der Waals surface area contributed by atoms with Gasteiger partial charge in [-0.25, -0.2) is 0 Å². The summed E-state index contributed by atoms with van der Waals surface area (Å²) in [4.78, 5) is 11.1. The van der Waals surface area contributed by atoms with Crippen molar-refractivity contribution in [1.82, 2.24) is 5.32 Å². The Hall–Kier alpha value is -1.76. The van der Waals surface area contributed by atoms with E-state index >= 15 is 0 Å². The lowest BCUT2D eigenvalue weighted by atomic mass is 10.1. The van der Waals surface area contributed by atoms with Crippen LogP contribution in [0.15, 0.2) is 42.5 Å². The molecule has 106 valence electrons. The molecule has 1 aromatic carbocycles. The molecule has 1 heterocycles. The average molecular weight is 292 g/mol. The molecule has 0 amide bonds. The summed E-state index contributed by atoms with van der Waals surface area (Å²) in [6, 6.07) is 13.1.